The van der Waals surface area contributed by atoms with Crippen molar-refractivity contribution in [1.29, 1.82) is 0 Å². The normalized spacial score (nSPS) is 12.5. The lowest BCUT2D eigenvalue weighted by molar-refractivity contribution is 0.0283. The Bertz CT molecular complexity index is 797. The number of tetrazole rings is 1. The van der Waals surface area contributed by atoms with Crippen LogP contribution in [0.5, 0.6) is 5.75 Å². The third-order valence-electron chi connectivity index (χ3n) is 3.39. The largest absolute Gasteiger partial charge is 0.488 e. The number of halogens is 1. The highest BCUT2D eigenvalue weighted by atomic mass is 19.1. The molecular formula is C16H23FN4O3. The van der Waals surface area contributed by atoms with Crippen LogP contribution in [0.25, 0.3) is 5.69 Å². The van der Waals surface area contributed by atoms with Crippen LogP contribution in [-0.4, -0.2) is 37.1 Å². The smallest absolute Gasteiger partial charge is 0.368 e. The number of rotatable bonds is 4. The van der Waals surface area contributed by atoms with Crippen LogP contribution in [0, 0.1) is 5.82 Å². The molecule has 0 spiro atoms. The molecule has 2 rings (SSSR count). The van der Waals surface area contributed by atoms with Crippen LogP contribution < -0.4 is 10.4 Å². The fraction of sp³-hybridized carbons (Fsp3) is 0.562. The zero-order valence-electron chi connectivity index (χ0n) is 14.8. The highest BCUT2D eigenvalue weighted by Gasteiger charge is 2.24. The maximum absolute atomic E-state index is 14.5. The van der Waals surface area contributed by atoms with E-state index in [0.717, 1.165) is 9.36 Å². The van der Waals surface area contributed by atoms with Gasteiger partial charge in [-0.3, -0.25) is 0 Å². The maximum Gasteiger partial charge on any atom is 0.368 e. The summed E-state index contributed by atoms with van der Waals surface area (Å²) in [5, 5.41) is 17.3. The lowest BCUT2D eigenvalue weighted by Crippen LogP contribution is -2.29. The number of aryl methyl sites for hydroxylation is 1. The SMILES string of the molecule is Cn1nnn(-c2cc(C(C)(C)C)c(F)cc2OCC(C)(C)O)c1=O. The molecule has 0 radical (unpaired) electrons. The van der Waals surface area contributed by atoms with Gasteiger partial charge in [0, 0.05) is 13.1 Å². The fourth-order valence-electron chi connectivity index (χ4n) is 2.12. The molecule has 2 aromatic rings. The predicted octanol–water partition coefficient (Wildman–Crippen LogP) is 1.55. The number of nitrogens with zero attached hydrogens (tertiary/aromatic N) is 4. The maximum atomic E-state index is 14.5. The summed E-state index contributed by atoms with van der Waals surface area (Å²) >= 11 is 0. The van der Waals surface area contributed by atoms with Crippen LogP contribution in [-0.2, 0) is 12.5 Å². The molecule has 0 aliphatic heterocycles. The Labute approximate surface area is 139 Å². The lowest BCUT2D eigenvalue weighted by atomic mass is 9.86. The van der Waals surface area contributed by atoms with Crippen LogP contribution in [0.1, 0.15) is 40.2 Å². The van der Waals surface area contributed by atoms with E-state index in [-0.39, 0.29) is 18.0 Å². The van der Waals surface area contributed by atoms with E-state index >= 15 is 0 Å². The molecule has 1 aromatic carbocycles. The predicted molar refractivity (Wildman–Crippen MR) is 87.1 cm³/mol. The molecule has 0 aliphatic carbocycles. The van der Waals surface area contributed by atoms with Crippen molar-refractivity contribution >= 4 is 0 Å². The molecule has 1 N–H and O–H groups in total. The first-order valence-corrected chi connectivity index (χ1v) is 7.59. The van der Waals surface area contributed by atoms with Gasteiger partial charge < -0.3 is 9.84 Å². The molecule has 0 fully saturated rings. The third kappa shape index (κ3) is 3.81. The van der Waals surface area contributed by atoms with E-state index in [2.05, 4.69) is 10.4 Å². The molecule has 0 amide bonds. The molecule has 7 nitrogen and oxygen atoms in total. The quantitative estimate of drug-likeness (QED) is 0.915. The summed E-state index contributed by atoms with van der Waals surface area (Å²) in [5.41, 5.74) is -1.35. The summed E-state index contributed by atoms with van der Waals surface area (Å²) in [4.78, 5) is 12.2. The van der Waals surface area contributed by atoms with Gasteiger partial charge in [0.25, 0.3) is 0 Å². The minimum atomic E-state index is -1.11. The highest BCUT2D eigenvalue weighted by molar-refractivity contribution is 5.50. The molecule has 0 atom stereocenters. The molecule has 8 heteroatoms. The van der Waals surface area contributed by atoms with Crippen LogP contribution >= 0.6 is 0 Å². The highest BCUT2D eigenvalue weighted by Crippen LogP contribution is 2.32. The molecule has 0 aliphatic rings. The third-order valence-corrected chi connectivity index (χ3v) is 3.39. The minimum absolute atomic E-state index is 0.0662. The Morgan fingerprint density at radius 1 is 1.21 bits per heavy atom. The number of ether oxygens (including phenoxy) is 1. The molecule has 1 aromatic heterocycles. The van der Waals surface area contributed by atoms with E-state index in [9.17, 15) is 14.3 Å². The summed E-state index contributed by atoms with van der Waals surface area (Å²) in [6.07, 6.45) is 0. The minimum Gasteiger partial charge on any atom is -0.488 e. The van der Waals surface area contributed by atoms with Gasteiger partial charge in [-0.25, -0.2) is 9.18 Å². The Hall–Kier alpha value is -2.22. The van der Waals surface area contributed by atoms with Gasteiger partial charge in [0.05, 0.1) is 5.60 Å². The number of benzene rings is 1. The van der Waals surface area contributed by atoms with Gasteiger partial charge in [-0.1, -0.05) is 20.8 Å². The molecule has 24 heavy (non-hydrogen) atoms. The standard InChI is InChI=1S/C16H23FN4O3/c1-15(2,3)10-7-12(21-14(22)20(6)18-19-21)13(8-11(10)17)24-9-16(4,5)23/h7-8,23H,9H2,1-6H3. The van der Waals surface area contributed by atoms with Crippen LogP contribution in [0.15, 0.2) is 16.9 Å². The van der Waals surface area contributed by atoms with Crippen molar-refractivity contribution in [1.82, 2.24) is 19.8 Å². The number of aliphatic hydroxyl groups is 1. The van der Waals surface area contributed by atoms with Gasteiger partial charge in [0.1, 0.15) is 23.9 Å². The topological polar surface area (TPSA) is 82.2 Å². The Morgan fingerprint density at radius 2 is 1.83 bits per heavy atom. The summed E-state index contributed by atoms with van der Waals surface area (Å²) in [5.74, 6) is -0.334. The first-order chi connectivity index (χ1) is 10.9. The van der Waals surface area contributed by atoms with Crippen molar-refractivity contribution in [2.24, 2.45) is 7.05 Å². The van der Waals surface area contributed by atoms with Crippen molar-refractivity contribution in [3.63, 3.8) is 0 Å². The second-order valence-electron chi connectivity index (χ2n) is 7.45. The zero-order chi connectivity index (χ0) is 18.3. The second kappa shape index (κ2) is 6.01. The Morgan fingerprint density at radius 3 is 2.29 bits per heavy atom. The van der Waals surface area contributed by atoms with Crippen molar-refractivity contribution in [3.05, 3.63) is 34.0 Å². The van der Waals surface area contributed by atoms with E-state index in [4.69, 9.17) is 4.74 Å². The number of hydrogen-bond donors (Lipinski definition) is 1. The average Bonchev–Trinajstić information content (AvgIpc) is 2.75. The van der Waals surface area contributed by atoms with E-state index in [0.29, 0.717) is 5.56 Å². The van der Waals surface area contributed by atoms with Crippen molar-refractivity contribution in [2.75, 3.05) is 6.61 Å². The zero-order valence-corrected chi connectivity index (χ0v) is 14.8. The van der Waals surface area contributed by atoms with Gasteiger partial charge >= 0.3 is 5.69 Å². The van der Waals surface area contributed by atoms with Crippen molar-refractivity contribution in [2.45, 2.75) is 45.6 Å². The average molecular weight is 338 g/mol. The molecule has 0 saturated heterocycles. The van der Waals surface area contributed by atoms with E-state index in [1.54, 1.807) is 13.8 Å². The fourth-order valence-corrected chi connectivity index (χ4v) is 2.12. The summed E-state index contributed by atoms with van der Waals surface area (Å²) in [6.45, 7) is 8.68. The van der Waals surface area contributed by atoms with E-state index in [1.807, 2.05) is 20.8 Å². The van der Waals surface area contributed by atoms with Crippen molar-refractivity contribution in [3.8, 4) is 11.4 Å². The summed E-state index contributed by atoms with van der Waals surface area (Å²) in [7, 11) is 1.47. The monoisotopic (exact) mass is 338 g/mol. The first kappa shape index (κ1) is 18.1. The van der Waals surface area contributed by atoms with E-state index < -0.39 is 22.5 Å². The van der Waals surface area contributed by atoms with Gasteiger partial charge in [-0.05, 0) is 41.3 Å². The van der Waals surface area contributed by atoms with Gasteiger partial charge in [0.2, 0.25) is 0 Å². The Balaban J connectivity index is 2.63. The molecule has 0 unspecified atom stereocenters. The second-order valence-corrected chi connectivity index (χ2v) is 7.45. The van der Waals surface area contributed by atoms with Crippen LogP contribution in [0.4, 0.5) is 4.39 Å². The summed E-state index contributed by atoms with van der Waals surface area (Å²) < 4.78 is 22.2. The molecule has 0 saturated carbocycles. The molecule has 1 heterocycles. The van der Waals surface area contributed by atoms with Crippen molar-refractivity contribution < 1.29 is 14.2 Å². The van der Waals surface area contributed by atoms with Crippen LogP contribution in [0.3, 0.4) is 0 Å². The Kier molecular flexibility index (Phi) is 4.54. The molecular weight excluding hydrogens is 315 g/mol. The number of hydrogen-bond acceptors (Lipinski definition) is 5. The summed E-state index contributed by atoms with van der Waals surface area (Å²) in [6, 6.07) is 2.74. The first-order valence-electron chi connectivity index (χ1n) is 7.59. The van der Waals surface area contributed by atoms with Gasteiger partial charge in [-0.15, -0.1) is 0 Å². The number of aromatic nitrogens is 4. The molecule has 132 valence electrons. The van der Waals surface area contributed by atoms with Gasteiger partial charge in [0.15, 0.2) is 0 Å². The van der Waals surface area contributed by atoms with E-state index in [1.165, 1.54) is 19.2 Å². The molecule has 0 bridgehead atoms. The van der Waals surface area contributed by atoms with Crippen LogP contribution in [0.2, 0.25) is 0 Å². The van der Waals surface area contributed by atoms with Gasteiger partial charge in [-0.2, -0.15) is 9.36 Å². The lowest BCUT2D eigenvalue weighted by Gasteiger charge is -2.23.